The van der Waals surface area contributed by atoms with Crippen LogP contribution in [0.25, 0.3) is 0 Å². The Bertz CT molecular complexity index is 566. The lowest BCUT2D eigenvalue weighted by Crippen LogP contribution is -2.59. The van der Waals surface area contributed by atoms with E-state index >= 15 is 0 Å². The summed E-state index contributed by atoms with van der Waals surface area (Å²) in [5.41, 5.74) is 5.57. The van der Waals surface area contributed by atoms with E-state index in [0.717, 1.165) is 0 Å². The van der Waals surface area contributed by atoms with Crippen molar-refractivity contribution in [1.82, 2.24) is 16.0 Å². The second-order valence-corrected chi connectivity index (χ2v) is 7.44. The first kappa shape index (κ1) is 25.8. The minimum Gasteiger partial charge on any atom is -0.480 e. The van der Waals surface area contributed by atoms with E-state index in [9.17, 15) is 29.4 Å². The number of carbonyl (C=O) groups excluding carboxylic acids is 3. The van der Waals surface area contributed by atoms with Gasteiger partial charge in [0.15, 0.2) is 0 Å². The number of carboxylic acids is 1. The molecule has 0 radical (unpaired) electrons. The first-order valence-electron chi connectivity index (χ1n) is 9.40. The average molecular weight is 402 g/mol. The Morgan fingerprint density at radius 2 is 1.36 bits per heavy atom. The Balaban J connectivity index is 5.04. The standard InChI is InChI=1S/C18H34N4O6/c1-7-9(4)14(18(27)28)22-15(24)10(5)20-17(26)13(8(2)3)21-16(25)12(19)11(6)23/h8-14,23H,7,19H2,1-6H3,(H,20,26)(H,21,25)(H,22,24)(H,27,28). The van der Waals surface area contributed by atoms with Crippen molar-refractivity contribution in [3.8, 4) is 0 Å². The molecule has 0 heterocycles. The van der Waals surface area contributed by atoms with Crippen LogP contribution < -0.4 is 21.7 Å². The number of nitrogens with one attached hydrogen (secondary N) is 3. The molecule has 0 aliphatic heterocycles. The van der Waals surface area contributed by atoms with Crippen LogP contribution in [0.15, 0.2) is 0 Å². The van der Waals surface area contributed by atoms with Gasteiger partial charge in [-0.15, -0.1) is 0 Å². The van der Waals surface area contributed by atoms with Gasteiger partial charge < -0.3 is 31.9 Å². The third-order valence-corrected chi connectivity index (χ3v) is 4.60. The third-order valence-electron chi connectivity index (χ3n) is 4.60. The molecular formula is C18H34N4O6. The third kappa shape index (κ3) is 7.81. The summed E-state index contributed by atoms with van der Waals surface area (Å²) >= 11 is 0. The van der Waals surface area contributed by atoms with Crippen molar-refractivity contribution >= 4 is 23.7 Å². The topological polar surface area (TPSA) is 171 Å². The number of hydrogen-bond donors (Lipinski definition) is 6. The van der Waals surface area contributed by atoms with Gasteiger partial charge in [0.2, 0.25) is 17.7 Å². The molecule has 0 fully saturated rings. The normalized spacial score (nSPS) is 17.6. The van der Waals surface area contributed by atoms with Gasteiger partial charge in [0, 0.05) is 0 Å². The van der Waals surface area contributed by atoms with Gasteiger partial charge >= 0.3 is 5.97 Å². The van der Waals surface area contributed by atoms with E-state index in [1.807, 2.05) is 6.92 Å². The monoisotopic (exact) mass is 402 g/mol. The molecule has 3 amide bonds. The van der Waals surface area contributed by atoms with Crippen LogP contribution >= 0.6 is 0 Å². The zero-order valence-electron chi connectivity index (χ0n) is 17.4. The predicted molar refractivity (Wildman–Crippen MR) is 103 cm³/mol. The molecule has 0 saturated heterocycles. The van der Waals surface area contributed by atoms with Crippen LogP contribution in [0.1, 0.15) is 48.0 Å². The number of aliphatic carboxylic acids is 1. The molecule has 0 saturated carbocycles. The molecule has 28 heavy (non-hydrogen) atoms. The van der Waals surface area contributed by atoms with E-state index in [4.69, 9.17) is 5.73 Å². The molecule has 0 aromatic heterocycles. The van der Waals surface area contributed by atoms with E-state index < -0.39 is 54.0 Å². The Morgan fingerprint density at radius 3 is 1.75 bits per heavy atom. The minimum absolute atomic E-state index is 0.283. The SMILES string of the molecule is CCC(C)C(NC(=O)C(C)NC(=O)C(NC(=O)C(N)C(C)O)C(C)C)C(=O)O. The summed E-state index contributed by atoms with van der Waals surface area (Å²) in [6.45, 7) is 9.70. The fourth-order valence-corrected chi connectivity index (χ4v) is 2.33. The maximum absolute atomic E-state index is 12.5. The highest BCUT2D eigenvalue weighted by molar-refractivity contribution is 5.94. The fourth-order valence-electron chi connectivity index (χ4n) is 2.33. The second kappa shape index (κ2) is 11.6. The highest BCUT2D eigenvalue weighted by atomic mass is 16.4. The van der Waals surface area contributed by atoms with Crippen molar-refractivity contribution in [2.24, 2.45) is 17.6 Å². The number of amides is 3. The van der Waals surface area contributed by atoms with E-state index in [1.54, 1.807) is 20.8 Å². The molecule has 10 heteroatoms. The number of aliphatic hydroxyl groups excluding tert-OH is 1. The average Bonchev–Trinajstić information content (AvgIpc) is 2.61. The van der Waals surface area contributed by atoms with Crippen LogP contribution in [-0.4, -0.2) is 64.2 Å². The van der Waals surface area contributed by atoms with Crippen molar-refractivity contribution in [1.29, 1.82) is 0 Å². The summed E-state index contributed by atoms with van der Waals surface area (Å²) in [4.78, 5) is 48.2. The Kier molecular flexibility index (Phi) is 10.7. The van der Waals surface area contributed by atoms with Gasteiger partial charge in [-0.25, -0.2) is 4.79 Å². The van der Waals surface area contributed by atoms with Crippen molar-refractivity contribution in [3.63, 3.8) is 0 Å². The molecule has 6 atom stereocenters. The molecule has 7 N–H and O–H groups in total. The lowest BCUT2D eigenvalue weighted by Gasteiger charge is -2.26. The molecule has 0 aromatic rings. The first-order chi connectivity index (χ1) is 12.8. The molecule has 162 valence electrons. The van der Waals surface area contributed by atoms with E-state index in [0.29, 0.717) is 6.42 Å². The van der Waals surface area contributed by atoms with Crippen LogP contribution in [0.5, 0.6) is 0 Å². The quantitative estimate of drug-likeness (QED) is 0.256. The number of rotatable bonds is 11. The summed E-state index contributed by atoms with van der Waals surface area (Å²) in [6, 6.07) is -4.25. The van der Waals surface area contributed by atoms with Crippen LogP contribution in [0.2, 0.25) is 0 Å². The summed E-state index contributed by atoms with van der Waals surface area (Å²) in [6.07, 6.45) is -0.530. The predicted octanol–water partition coefficient (Wildman–Crippen LogP) is -1.04. The molecular weight excluding hydrogens is 368 g/mol. The van der Waals surface area contributed by atoms with Crippen LogP contribution in [0, 0.1) is 11.8 Å². The molecule has 0 aliphatic carbocycles. The largest absolute Gasteiger partial charge is 0.480 e. The second-order valence-electron chi connectivity index (χ2n) is 7.44. The van der Waals surface area contributed by atoms with Gasteiger partial charge in [-0.2, -0.15) is 0 Å². The molecule has 0 spiro atoms. The van der Waals surface area contributed by atoms with Gasteiger partial charge in [0.05, 0.1) is 6.10 Å². The zero-order chi connectivity index (χ0) is 22.2. The number of carbonyl (C=O) groups is 4. The Morgan fingerprint density at radius 1 is 0.857 bits per heavy atom. The van der Waals surface area contributed by atoms with Gasteiger partial charge in [-0.05, 0) is 25.7 Å². The van der Waals surface area contributed by atoms with Gasteiger partial charge in [0.1, 0.15) is 24.2 Å². The lowest BCUT2D eigenvalue weighted by atomic mass is 9.99. The molecule has 0 aromatic carbocycles. The number of nitrogens with two attached hydrogens (primary N) is 1. The van der Waals surface area contributed by atoms with E-state index in [2.05, 4.69) is 16.0 Å². The highest BCUT2D eigenvalue weighted by Crippen LogP contribution is 2.08. The molecule has 0 rings (SSSR count). The molecule has 6 unspecified atom stereocenters. The first-order valence-corrected chi connectivity index (χ1v) is 9.40. The maximum atomic E-state index is 12.5. The van der Waals surface area contributed by atoms with Gasteiger partial charge in [-0.3, -0.25) is 14.4 Å². The number of hydrogen-bond acceptors (Lipinski definition) is 6. The fraction of sp³-hybridized carbons (Fsp3) is 0.778. The van der Waals surface area contributed by atoms with Gasteiger partial charge in [0.25, 0.3) is 0 Å². The molecule has 0 aliphatic rings. The van der Waals surface area contributed by atoms with Crippen molar-refractivity contribution in [2.75, 3.05) is 0 Å². The van der Waals surface area contributed by atoms with Crippen molar-refractivity contribution < 1.29 is 29.4 Å². The van der Waals surface area contributed by atoms with E-state index in [-0.39, 0.29) is 11.8 Å². The lowest BCUT2D eigenvalue weighted by molar-refractivity contribution is -0.143. The van der Waals surface area contributed by atoms with E-state index in [1.165, 1.54) is 13.8 Å². The Hall–Kier alpha value is -2.20. The van der Waals surface area contributed by atoms with Crippen LogP contribution in [0.4, 0.5) is 0 Å². The van der Waals surface area contributed by atoms with Crippen LogP contribution in [0.3, 0.4) is 0 Å². The maximum Gasteiger partial charge on any atom is 0.326 e. The van der Waals surface area contributed by atoms with Crippen molar-refractivity contribution in [3.05, 3.63) is 0 Å². The number of carboxylic acid groups (broad SMARTS) is 1. The smallest absolute Gasteiger partial charge is 0.326 e. The van der Waals surface area contributed by atoms with Crippen molar-refractivity contribution in [2.45, 2.75) is 78.2 Å². The van der Waals surface area contributed by atoms with Gasteiger partial charge in [-0.1, -0.05) is 34.1 Å². The Labute approximate surface area is 165 Å². The summed E-state index contributed by atoms with van der Waals surface area (Å²) in [5.74, 6) is -3.69. The summed E-state index contributed by atoms with van der Waals surface area (Å²) in [7, 11) is 0. The van der Waals surface area contributed by atoms with Crippen LogP contribution in [-0.2, 0) is 19.2 Å². The zero-order valence-corrected chi connectivity index (χ0v) is 17.4. The summed E-state index contributed by atoms with van der Waals surface area (Å²) < 4.78 is 0. The number of aliphatic hydroxyl groups is 1. The summed E-state index contributed by atoms with van der Waals surface area (Å²) in [5, 5.41) is 26.0. The highest BCUT2D eigenvalue weighted by Gasteiger charge is 2.31. The minimum atomic E-state index is -1.19. The molecule has 10 nitrogen and oxygen atoms in total. The molecule has 0 bridgehead atoms.